The van der Waals surface area contributed by atoms with Gasteiger partial charge in [0.1, 0.15) is 6.61 Å². The monoisotopic (exact) mass is 624 g/mol. The molecular formula is C40H64O5. The van der Waals surface area contributed by atoms with E-state index in [2.05, 4.69) is 98.9 Å². The molecule has 0 aromatic heterocycles. The van der Waals surface area contributed by atoms with Crippen molar-refractivity contribution in [3.63, 3.8) is 0 Å². The fourth-order valence-corrected chi connectivity index (χ4v) is 4.30. The molecule has 0 fully saturated rings. The lowest BCUT2D eigenvalue weighted by molar-refractivity contribution is -0.161. The van der Waals surface area contributed by atoms with Crippen molar-refractivity contribution in [2.45, 2.75) is 142 Å². The molecule has 0 rings (SSSR count). The second-order valence-electron chi connectivity index (χ2n) is 11.2. The van der Waals surface area contributed by atoms with Crippen LogP contribution in [0.1, 0.15) is 136 Å². The van der Waals surface area contributed by atoms with E-state index in [4.69, 9.17) is 9.47 Å². The highest BCUT2D eigenvalue weighted by atomic mass is 16.6. The topological polar surface area (TPSA) is 72.8 Å². The second-order valence-corrected chi connectivity index (χ2v) is 11.2. The molecule has 0 saturated heterocycles. The van der Waals surface area contributed by atoms with Gasteiger partial charge in [0.15, 0.2) is 6.10 Å². The van der Waals surface area contributed by atoms with Crippen LogP contribution < -0.4 is 0 Å². The highest BCUT2D eigenvalue weighted by Crippen LogP contribution is 2.10. The maximum atomic E-state index is 12.1. The predicted molar refractivity (Wildman–Crippen MR) is 191 cm³/mol. The van der Waals surface area contributed by atoms with Crippen molar-refractivity contribution in [3.8, 4) is 0 Å². The number of carbonyl (C=O) groups is 2. The average Bonchev–Trinajstić information content (AvgIpc) is 3.04. The molecule has 0 aromatic carbocycles. The number of rotatable bonds is 30. The van der Waals surface area contributed by atoms with Gasteiger partial charge in [-0.15, -0.1) is 0 Å². The van der Waals surface area contributed by atoms with E-state index in [0.29, 0.717) is 12.8 Å². The summed E-state index contributed by atoms with van der Waals surface area (Å²) in [7, 11) is 0. The highest BCUT2D eigenvalue weighted by Gasteiger charge is 2.15. The molecule has 0 aliphatic heterocycles. The molecule has 0 bridgehead atoms. The molecule has 0 aliphatic carbocycles. The second kappa shape index (κ2) is 35.6. The number of hydrogen-bond acceptors (Lipinski definition) is 5. The fraction of sp³-hybridized carbons (Fsp3) is 0.600. The van der Waals surface area contributed by atoms with Crippen LogP contribution in [0.3, 0.4) is 0 Å². The lowest BCUT2D eigenvalue weighted by atomic mass is 10.1. The van der Waals surface area contributed by atoms with Gasteiger partial charge in [-0.2, -0.15) is 0 Å². The summed E-state index contributed by atoms with van der Waals surface area (Å²) in [5, 5.41) is 9.48. The Kier molecular flexibility index (Phi) is 33.3. The minimum absolute atomic E-state index is 0.0933. The molecule has 1 unspecified atom stereocenters. The van der Waals surface area contributed by atoms with Gasteiger partial charge in [-0.1, -0.05) is 144 Å². The van der Waals surface area contributed by atoms with Gasteiger partial charge in [0.05, 0.1) is 6.61 Å². The molecule has 254 valence electrons. The van der Waals surface area contributed by atoms with E-state index in [9.17, 15) is 14.7 Å². The number of aliphatic hydroxyl groups is 1. The minimum Gasteiger partial charge on any atom is -0.462 e. The SMILES string of the molecule is CC/C=C\C/C=C\C/C=C\C/C=C\C/C=C\C/C=C\C/C=C\CCCC(=O)OC(CO)COC(=O)CCCCCCCCCC. The van der Waals surface area contributed by atoms with E-state index >= 15 is 0 Å². The number of unbranched alkanes of at least 4 members (excludes halogenated alkanes) is 8. The van der Waals surface area contributed by atoms with Crippen LogP contribution in [0.5, 0.6) is 0 Å². The number of hydrogen-bond donors (Lipinski definition) is 1. The van der Waals surface area contributed by atoms with Crippen molar-refractivity contribution in [1.82, 2.24) is 0 Å². The zero-order chi connectivity index (χ0) is 32.9. The van der Waals surface area contributed by atoms with Gasteiger partial charge in [0, 0.05) is 12.8 Å². The van der Waals surface area contributed by atoms with Crippen LogP contribution in [0.4, 0.5) is 0 Å². The van der Waals surface area contributed by atoms with Crippen LogP contribution in [0.15, 0.2) is 85.1 Å². The van der Waals surface area contributed by atoms with Crippen molar-refractivity contribution in [2.75, 3.05) is 13.2 Å². The van der Waals surface area contributed by atoms with E-state index in [1.54, 1.807) is 0 Å². The number of ether oxygens (including phenoxy) is 2. The first-order chi connectivity index (χ1) is 22.1. The Bertz CT molecular complexity index is 890. The molecule has 0 aliphatic rings. The van der Waals surface area contributed by atoms with Crippen molar-refractivity contribution in [1.29, 1.82) is 0 Å². The normalized spacial score (nSPS) is 13.2. The maximum absolute atomic E-state index is 12.1. The Hall–Kier alpha value is -2.92. The Morgan fingerprint density at radius 2 is 0.956 bits per heavy atom. The van der Waals surface area contributed by atoms with E-state index in [1.807, 2.05) is 0 Å². The van der Waals surface area contributed by atoms with Crippen LogP contribution in [0.2, 0.25) is 0 Å². The van der Waals surface area contributed by atoms with Gasteiger partial charge in [-0.3, -0.25) is 9.59 Å². The zero-order valence-electron chi connectivity index (χ0n) is 28.6. The average molecular weight is 625 g/mol. The number of aliphatic hydroxyl groups excluding tert-OH is 1. The summed E-state index contributed by atoms with van der Waals surface area (Å²) in [5.41, 5.74) is 0. The summed E-state index contributed by atoms with van der Waals surface area (Å²) < 4.78 is 10.5. The van der Waals surface area contributed by atoms with Crippen molar-refractivity contribution in [2.24, 2.45) is 0 Å². The maximum Gasteiger partial charge on any atom is 0.306 e. The molecule has 45 heavy (non-hydrogen) atoms. The van der Waals surface area contributed by atoms with Crippen LogP contribution in [0.25, 0.3) is 0 Å². The molecule has 0 spiro atoms. The third-order valence-corrected chi connectivity index (χ3v) is 6.95. The van der Waals surface area contributed by atoms with Crippen molar-refractivity contribution in [3.05, 3.63) is 85.1 Å². The van der Waals surface area contributed by atoms with Crippen LogP contribution in [-0.2, 0) is 19.1 Å². The molecule has 0 heterocycles. The van der Waals surface area contributed by atoms with Gasteiger partial charge in [0.25, 0.3) is 0 Å². The smallest absolute Gasteiger partial charge is 0.306 e. The Balaban J connectivity index is 3.76. The van der Waals surface area contributed by atoms with Crippen LogP contribution in [-0.4, -0.2) is 36.4 Å². The molecular weight excluding hydrogens is 560 g/mol. The molecule has 0 saturated carbocycles. The van der Waals surface area contributed by atoms with Crippen LogP contribution >= 0.6 is 0 Å². The molecule has 5 nitrogen and oxygen atoms in total. The van der Waals surface area contributed by atoms with Gasteiger partial charge in [-0.25, -0.2) is 0 Å². The standard InChI is InChI=1S/C40H64O5/c1-3-5-7-9-11-13-14-15-16-17-18-19-20-21-22-23-24-25-26-27-29-31-33-35-40(43)45-38(36-41)37-44-39(42)34-32-30-28-12-10-8-6-4-2/h5,7,11,13,15-16,18-19,21-22,24-25,27,29,38,41H,3-4,6,8-10,12,14,17,20,23,26,28,30-37H2,1-2H3/b7-5-,13-11-,16-15-,19-18-,22-21-,25-24-,29-27-. The lowest BCUT2D eigenvalue weighted by Crippen LogP contribution is -2.28. The van der Waals surface area contributed by atoms with Crippen LogP contribution in [0, 0.1) is 0 Å². The molecule has 0 radical (unpaired) electrons. The quantitative estimate of drug-likeness (QED) is 0.0489. The Labute approximate surface area is 275 Å². The summed E-state index contributed by atoms with van der Waals surface area (Å²) in [5.74, 6) is -0.675. The predicted octanol–water partition coefficient (Wildman–Crippen LogP) is 10.8. The third kappa shape index (κ3) is 33.8. The summed E-state index contributed by atoms with van der Waals surface area (Å²) >= 11 is 0. The molecule has 0 amide bonds. The van der Waals surface area contributed by atoms with Crippen molar-refractivity contribution >= 4 is 11.9 Å². The first-order valence-electron chi connectivity index (χ1n) is 17.6. The minimum atomic E-state index is -0.802. The number of allylic oxidation sites excluding steroid dienone is 14. The summed E-state index contributed by atoms with van der Waals surface area (Å²) in [6, 6.07) is 0. The molecule has 1 N–H and O–H groups in total. The molecule has 5 heteroatoms. The van der Waals surface area contributed by atoms with Gasteiger partial charge < -0.3 is 14.6 Å². The van der Waals surface area contributed by atoms with Gasteiger partial charge >= 0.3 is 11.9 Å². The summed E-state index contributed by atoms with van der Waals surface area (Å²) in [6.45, 7) is 3.91. The first-order valence-corrected chi connectivity index (χ1v) is 17.6. The fourth-order valence-electron chi connectivity index (χ4n) is 4.30. The van der Waals surface area contributed by atoms with Crippen molar-refractivity contribution < 1.29 is 24.2 Å². The Morgan fingerprint density at radius 3 is 1.42 bits per heavy atom. The molecule has 1 atom stereocenters. The van der Waals surface area contributed by atoms with Gasteiger partial charge in [-0.05, 0) is 64.2 Å². The van der Waals surface area contributed by atoms with Gasteiger partial charge in [0.2, 0.25) is 0 Å². The Morgan fingerprint density at radius 1 is 0.533 bits per heavy atom. The molecule has 0 aromatic rings. The van der Waals surface area contributed by atoms with E-state index in [1.165, 1.54) is 32.1 Å². The highest BCUT2D eigenvalue weighted by molar-refractivity contribution is 5.70. The lowest BCUT2D eigenvalue weighted by Gasteiger charge is -2.15. The van der Waals surface area contributed by atoms with E-state index in [0.717, 1.165) is 70.6 Å². The summed E-state index contributed by atoms with van der Waals surface area (Å²) in [6.07, 6.45) is 47.9. The number of esters is 2. The van der Waals surface area contributed by atoms with E-state index in [-0.39, 0.29) is 31.6 Å². The summed E-state index contributed by atoms with van der Waals surface area (Å²) in [4.78, 5) is 24.0. The van der Waals surface area contributed by atoms with E-state index < -0.39 is 6.10 Å². The first kappa shape index (κ1) is 42.1. The largest absolute Gasteiger partial charge is 0.462 e. The third-order valence-electron chi connectivity index (χ3n) is 6.95. The zero-order valence-corrected chi connectivity index (χ0v) is 28.6. The number of carbonyl (C=O) groups excluding carboxylic acids is 2.